The number of amides is 1. The molecule has 4 nitrogen and oxygen atoms in total. The molecule has 0 saturated carbocycles. The van der Waals surface area contributed by atoms with Crippen LogP contribution in [0.2, 0.25) is 0 Å². The smallest absolute Gasteiger partial charge is 0.266 e. The third-order valence-corrected chi connectivity index (χ3v) is 4.91. The molecule has 3 aromatic rings. The van der Waals surface area contributed by atoms with E-state index in [1.54, 1.807) is 25.3 Å². The summed E-state index contributed by atoms with van der Waals surface area (Å²) in [7, 11) is 1.55. The molecule has 156 valence electrons. The molecule has 31 heavy (non-hydrogen) atoms. The summed E-state index contributed by atoms with van der Waals surface area (Å²) in [6.07, 6.45) is 2.03. The number of ether oxygens (including phenoxy) is 1. The topological polar surface area (TPSA) is 62.1 Å². The second-order valence-corrected chi connectivity index (χ2v) is 7.32. The number of anilines is 1. The number of carbonyl (C=O) groups is 1. The number of benzene rings is 3. The molecule has 0 aliphatic rings. The Bertz CT molecular complexity index is 1190. The van der Waals surface area contributed by atoms with E-state index in [9.17, 15) is 14.4 Å². The molecule has 0 heterocycles. The number of nitrogens with zero attached hydrogens (tertiary/aromatic N) is 1. The predicted octanol–water partition coefficient (Wildman–Crippen LogP) is 5.59. The minimum absolute atomic E-state index is 0.0131. The quantitative estimate of drug-likeness (QED) is 0.423. The SMILES string of the molecule is COc1cc(/C=C(\C#N)C(=O)Nc2cc(C)ccc2C)ccc1Cc1cccc(F)c1. The van der Waals surface area contributed by atoms with Crippen molar-refractivity contribution in [3.8, 4) is 11.8 Å². The highest BCUT2D eigenvalue weighted by Crippen LogP contribution is 2.25. The van der Waals surface area contributed by atoms with Gasteiger partial charge in [0.1, 0.15) is 23.2 Å². The van der Waals surface area contributed by atoms with E-state index in [0.29, 0.717) is 23.4 Å². The van der Waals surface area contributed by atoms with E-state index in [0.717, 1.165) is 22.3 Å². The Kier molecular flexibility index (Phi) is 6.84. The van der Waals surface area contributed by atoms with Crippen molar-refractivity contribution in [1.29, 1.82) is 5.26 Å². The van der Waals surface area contributed by atoms with Gasteiger partial charge in [0.25, 0.3) is 5.91 Å². The first-order valence-corrected chi connectivity index (χ1v) is 9.81. The maximum Gasteiger partial charge on any atom is 0.266 e. The molecular formula is C26H23FN2O2. The van der Waals surface area contributed by atoms with Crippen LogP contribution in [-0.4, -0.2) is 13.0 Å². The zero-order valence-electron chi connectivity index (χ0n) is 17.7. The van der Waals surface area contributed by atoms with E-state index in [4.69, 9.17) is 4.74 Å². The van der Waals surface area contributed by atoms with Crippen molar-refractivity contribution in [3.63, 3.8) is 0 Å². The molecule has 0 spiro atoms. The van der Waals surface area contributed by atoms with Crippen LogP contribution in [0.3, 0.4) is 0 Å². The summed E-state index contributed by atoms with van der Waals surface area (Å²) in [6.45, 7) is 3.83. The van der Waals surface area contributed by atoms with Gasteiger partial charge in [-0.15, -0.1) is 0 Å². The van der Waals surface area contributed by atoms with Crippen LogP contribution in [0.5, 0.6) is 5.75 Å². The number of carbonyl (C=O) groups excluding carboxylic acids is 1. The molecule has 0 aliphatic heterocycles. The fourth-order valence-corrected chi connectivity index (χ4v) is 3.24. The van der Waals surface area contributed by atoms with Crippen LogP contribution < -0.4 is 10.1 Å². The third-order valence-electron chi connectivity index (χ3n) is 4.91. The van der Waals surface area contributed by atoms with E-state index < -0.39 is 5.91 Å². The summed E-state index contributed by atoms with van der Waals surface area (Å²) in [5, 5.41) is 12.3. The van der Waals surface area contributed by atoms with Crippen molar-refractivity contribution in [2.45, 2.75) is 20.3 Å². The highest BCUT2D eigenvalue weighted by atomic mass is 19.1. The van der Waals surface area contributed by atoms with Crippen LogP contribution in [0.25, 0.3) is 6.08 Å². The molecule has 0 radical (unpaired) electrons. The molecule has 5 heteroatoms. The van der Waals surface area contributed by atoms with Crippen LogP contribution in [-0.2, 0) is 11.2 Å². The summed E-state index contributed by atoms with van der Waals surface area (Å²) in [6, 6.07) is 19.5. The number of hydrogen-bond acceptors (Lipinski definition) is 3. The lowest BCUT2D eigenvalue weighted by molar-refractivity contribution is -0.112. The van der Waals surface area contributed by atoms with Crippen molar-refractivity contribution in [2.24, 2.45) is 0 Å². The minimum atomic E-state index is -0.473. The normalized spacial score (nSPS) is 11.0. The maximum absolute atomic E-state index is 13.5. The number of rotatable bonds is 6. The van der Waals surface area contributed by atoms with Crippen LogP contribution in [0.1, 0.15) is 27.8 Å². The molecule has 0 aliphatic carbocycles. The first kappa shape index (κ1) is 21.8. The van der Waals surface area contributed by atoms with Gasteiger partial charge < -0.3 is 10.1 Å². The Morgan fingerprint density at radius 3 is 2.65 bits per heavy atom. The molecule has 1 amide bonds. The Labute approximate surface area is 181 Å². The fraction of sp³-hybridized carbons (Fsp3) is 0.154. The average Bonchev–Trinajstić information content (AvgIpc) is 2.75. The van der Waals surface area contributed by atoms with Gasteiger partial charge in [-0.2, -0.15) is 5.26 Å². The zero-order valence-corrected chi connectivity index (χ0v) is 17.7. The van der Waals surface area contributed by atoms with Crippen LogP contribution in [0.15, 0.2) is 66.2 Å². The number of nitriles is 1. The molecule has 0 fully saturated rings. The van der Waals surface area contributed by atoms with E-state index >= 15 is 0 Å². The Balaban J connectivity index is 1.84. The lowest BCUT2D eigenvalue weighted by atomic mass is 10.0. The summed E-state index contributed by atoms with van der Waals surface area (Å²) in [5.41, 5.74) is 4.96. The van der Waals surface area contributed by atoms with Gasteiger partial charge in [-0.25, -0.2) is 4.39 Å². The Morgan fingerprint density at radius 1 is 1.13 bits per heavy atom. The van der Waals surface area contributed by atoms with Crippen LogP contribution >= 0.6 is 0 Å². The van der Waals surface area contributed by atoms with Crippen LogP contribution in [0.4, 0.5) is 10.1 Å². The largest absolute Gasteiger partial charge is 0.496 e. The van der Waals surface area contributed by atoms with Crippen molar-refractivity contribution < 1.29 is 13.9 Å². The van der Waals surface area contributed by atoms with Crippen molar-refractivity contribution in [3.05, 3.63) is 99.9 Å². The Morgan fingerprint density at radius 2 is 1.94 bits per heavy atom. The summed E-state index contributed by atoms with van der Waals surface area (Å²) in [5.74, 6) is -0.159. The van der Waals surface area contributed by atoms with E-state index in [-0.39, 0.29) is 11.4 Å². The average molecular weight is 414 g/mol. The van der Waals surface area contributed by atoms with E-state index in [1.165, 1.54) is 18.2 Å². The number of halogens is 1. The number of aryl methyl sites for hydroxylation is 2. The van der Waals surface area contributed by atoms with Gasteiger partial charge in [0.15, 0.2) is 0 Å². The number of methoxy groups -OCH3 is 1. The molecule has 1 N–H and O–H groups in total. The van der Waals surface area contributed by atoms with Gasteiger partial charge in [0, 0.05) is 12.1 Å². The third kappa shape index (κ3) is 5.58. The lowest BCUT2D eigenvalue weighted by Gasteiger charge is -2.11. The molecule has 3 aromatic carbocycles. The molecule has 3 rings (SSSR count). The summed E-state index contributed by atoms with van der Waals surface area (Å²) >= 11 is 0. The summed E-state index contributed by atoms with van der Waals surface area (Å²) < 4.78 is 19.0. The second-order valence-electron chi connectivity index (χ2n) is 7.32. The first-order chi connectivity index (χ1) is 14.9. The van der Waals surface area contributed by atoms with Gasteiger partial charge in [0.2, 0.25) is 0 Å². The highest BCUT2D eigenvalue weighted by Gasteiger charge is 2.12. The number of nitrogens with one attached hydrogen (secondary N) is 1. The van der Waals surface area contributed by atoms with E-state index in [1.807, 2.05) is 50.2 Å². The molecule has 0 bridgehead atoms. The highest BCUT2D eigenvalue weighted by molar-refractivity contribution is 6.10. The van der Waals surface area contributed by atoms with Crippen LogP contribution in [0, 0.1) is 31.0 Å². The van der Waals surface area contributed by atoms with Crippen molar-refractivity contribution >= 4 is 17.7 Å². The predicted molar refractivity (Wildman–Crippen MR) is 120 cm³/mol. The van der Waals surface area contributed by atoms with E-state index in [2.05, 4.69) is 5.32 Å². The van der Waals surface area contributed by atoms with Gasteiger partial charge in [-0.3, -0.25) is 4.79 Å². The minimum Gasteiger partial charge on any atom is -0.496 e. The van der Waals surface area contributed by atoms with Gasteiger partial charge in [-0.1, -0.05) is 36.4 Å². The fourth-order valence-electron chi connectivity index (χ4n) is 3.24. The van der Waals surface area contributed by atoms with Gasteiger partial charge >= 0.3 is 0 Å². The monoisotopic (exact) mass is 414 g/mol. The zero-order chi connectivity index (χ0) is 22.4. The molecule has 0 saturated heterocycles. The van der Waals surface area contributed by atoms with Gasteiger partial charge in [0.05, 0.1) is 7.11 Å². The molecular weight excluding hydrogens is 391 g/mol. The van der Waals surface area contributed by atoms with Crippen molar-refractivity contribution in [1.82, 2.24) is 0 Å². The first-order valence-electron chi connectivity index (χ1n) is 9.81. The second kappa shape index (κ2) is 9.73. The number of hydrogen-bond donors (Lipinski definition) is 1. The molecule has 0 aromatic heterocycles. The standard InChI is InChI=1S/C26H23FN2O2/c1-17-7-8-18(2)24(11-17)29-26(30)22(16-28)13-20-9-10-21(25(15-20)31-3)12-19-5-4-6-23(27)14-19/h4-11,13-15H,12H2,1-3H3,(H,29,30)/b22-13+. The Hall–Kier alpha value is -3.91. The molecule has 0 unspecified atom stereocenters. The maximum atomic E-state index is 13.5. The summed E-state index contributed by atoms with van der Waals surface area (Å²) in [4.78, 5) is 12.6. The molecule has 0 atom stereocenters. The lowest BCUT2D eigenvalue weighted by Crippen LogP contribution is -2.14. The van der Waals surface area contributed by atoms with Gasteiger partial charge in [-0.05, 0) is 72.0 Å². The van der Waals surface area contributed by atoms with Crippen molar-refractivity contribution in [2.75, 3.05) is 12.4 Å².